The van der Waals surface area contributed by atoms with Crippen LogP contribution in [-0.4, -0.2) is 30.3 Å². The molecule has 2 heterocycles. The summed E-state index contributed by atoms with van der Waals surface area (Å²) in [5.41, 5.74) is 7.74. The monoisotopic (exact) mass is 291 g/mol. The van der Waals surface area contributed by atoms with Crippen molar-refractivity contribution < 1.29 is 8.42 Å². The van der Waals surface area contributed by atoms with Gasteiger partial charge in [-0.05, 0) is 18.6 Å². The minimum Gasteiger partial charge on any atom is -0.333 e. The number of nitrogens with zero attached hydrogens (tertiary/aromatic N) is 2. The zero-order valence-corrected chi connectivity index (χ0v) is 12.1. The van der Waals surface area contributed by atoms with Crippen LogP contribution < -0.4 is 5.73 Å². The highest BCUT2D eigenvalue weighted by Gasteiger charge is 2.18. The van der Waals surface area contributed by atoms with Gasteiger partial charge in [-0.2, -0.15) is 0 Å². The molecule has 1 aliphatic heterocycles. The number of benzene rings is 1. The Morgan fingerprint density at radius 1 is 1.30 bits per heavy atom. The molecule has 3 rings (SSSR count). The second kappa shape index (κ2) is 4.71. The largest absolute Gasteiger partial charge is 0.333 e. The van der Waals surface area contributed by atoms with Crippen LogP contribution in [0.1, 0.15) is 12.2 Å². The maximum Gasteiger partial charge on any atom is 0.175 e. The molecule has 1 atom stereocenters. The second-order valence-corrected chi connectivity index (χ2v) is 7.31. The van der Waals surface area contributed by atoms with Crippen LogP contribution in [0.4, 0.5) is 0 Å². The summed E-state index contributed by atoms with van der Waals surface area (Å²) in [5, 5.41) is 0. The molecule has 5 nitrogen and oxygen atoms in total. The van der Waals surface area contributed by atoms with Crippen molar-refractivity contribution in [3.8, 4) is 11.3 Å². The standard InChI is InChI=1S/C14H17N3O2S/c1-20(18,19)12-5-2-10(3-6-12)13-9-17-8-11(15)4-7-14(17)16-13/h2-3,5-6,9,11H,4,7-8,15H2,1H3. The molecule has 0 aliphatic carbocycles. The number of fused-ring (bicyclic) bond motifs is 1. The third kappa shape index (κ3) is 2.48. The number of imidazole rings is 1. The van der Waals surface area contributed by atoms with E-state index in [0.29, 0.717) is 4.90 Å². The fourth-order valence-corrected chi connectivity index (χ4v) is 3.11. The van der Waals surface area contributed by atoms with Gasteiger partial charge in [0.05, 0.1) is 10.6 Å². The fraction of sp³-hybridized carbons (Fsp3) is 0.357. The summed E-state index contributed by atoms with van der Waals surface area (Å²) in [5.74, 6) is 1.05. The van der Waals surface area contributed by atoms with E-state index in [1.807, 2.05) is 6.20 Å². The normalized spacial score (nSPS) is 18.8. The van der Waals surface area contributed by atoms with Gasteiger partial charge >= 0.3 is 0 Å². The Bertz CT molecular complexity index is 732. The van der Waals surface area contributed by atoms with Crippen LogP contribution in [0.2, 0.25) is 0 Å². The van der Waals surface area contributed by atoms with Crippen molar-refractivity contribution in [2.24, 2.45) is 5.73 Å². The van der Waals surface area contributed by atoms with E-state index in [1.54, 1.807) is 24.3 Å². The fourth-order valence-electron chi connectivity index (χ4n) is 2.48. The van der Waals surface area contributed by atoms with Crippen molar-refractivity contribution in [3.63, 3.8) is 0 Å². The lowest BCUT2D eigenvalue weighted by molar-refractivity contribution is 0.453. The Kier molecular flexibility index (Phi) is 3.14. The van der Waals surface area contributed by atoms with Crippen LogP contribution in [0.3, 0.4) is 0 Å². The Morgan fingerprint density at radius 3 is 2.65 bits per heavy atom. The number of nitrogens with two attached hydrogens (primary N) is 1. The molecule has 2 aromatic rings. The van der Waals surface area contributed by atoms with E-state index in [0.717, 1.165) is 36.5 Å². The van der Waals surface area contributed by atoms with E-state index in [-0.39, 0.29) is 6.04 Å². The minimum absolute atomic E-state index is 0.192. The van der Waals surface area contributed by atoms with Crippen molar-refractivity contribution in [1.29, 1.82) is 0 Å². The molecule has 6 heteroatoms. The molecular formula is C14H17N3O2S. The molecule has 0 bridgehead atoms. The summed E-state index contributed by atoms with van der Waals surface area (Å²) >= 11 is 0. The number of aromatic nitrogens is 2. The molecule has 106 valence electrons. The summed E-state index contributed by atoms with van der Waals surface area (Å²) in [7, 11) is -3.15. The molecule has 0 amide bonds. The van der Waals surface area contributed by atoms with E-state index >= 15 is 0 Å². The Balaban J connectivity index is 1.94. The lowest BCUT2D eigenvalue weighted by Crippen LogP contribution is -2.31. The maximum atomic E-state index is 11.4. The van der Waals surface area contributed by atoms with Crippen molar-refractivity contribution in [3.05, 3.63) is 36.3 Å². The quantitative estimate of drug-likeness (QED) is 0.902. The van der Waals surface area contributed by atoms with Gasteiger partial charge in [-0.15, -0.1) is 0 Å². The predicted octanol–water partition coefficient (Wildman–Crippen LogP) is 1.23. The molecule has 0 radical (unpaired) electrons. The Hall–Kier alpha value is -1.66. The third-order valence-corrected chi connectivity index (χ3v) is 4.74. The molecule has 0 fully saturated rings. The molecule has 1 unspecified atom stereocenters. The van der Waals surface area contributed by atoms with E-state index in [4.69, 9.17) is 5.73 Å². The highest BCUT2D eigenvalue weighted by atomic mass is 32.2. The second-order valence-electron chi connectivity index (χ2n) is 5.29. The highest BCUT2D eigenvalue weighted by molar-refractivity contribution is 7.90. The molecule has 1 aromatic heterocycles. The van der Waals surface area contributed by atoms with Gasteiger partial charge in [0.15, 0.2) is 9.84 Å². The number of hydrogen-bond donors (Lipinski definition) is 1. The van der Waals surface area contributed by atoms with Crippen molar-refractivity contribution >= 4 is 9.84 Å². The van der Waals surface area contributed by atoms with Gasteiger partial charge in [0, 0.05) is 37.0 Å². The van der Waals surface area contributed by atoms with Crippen LogP contribution in [0.25, 0.3) is 11.3 Å². The van der Waals surface area contributed by atoms with Crippen molar-refractivity contribution in [1.82, 2.24) is 9.55 Å². The van der Waals surface area contributed by atoms with E-state index in [9.17, 15) is 8.42 Å². The van der Waals surface area contributed by atoms with Crippen LogP contribution in [0.5, 0.6) is 0 Å². The molecule has 0 saturated heterocycles. The average Bonchev–Trinajstić information content (AvgIpc) is 2.80. The zero-order chi connectivity index (χ0) is 14.3. The van der Waals surface area contributed by atoms with Crippen LogP contribution in [0.15, 0.2) is 35.4 Å². The summed E-state index contributed by atoms with van der Waals surface area (Å²) in [6.07, 6.45) is 5.05. The van der Waals surface area contributed by atoms with Crippen LogP contribution in [-0.2, 0) is 22.8 Å². The van der Waals surface area contributed by atoms with Crippen molar-refractivity contribution in [2.75, 3.05) is 6.26 Å². The van der Waals surface area contributed by atoms with Crippen LogP contribution >= 0.6 is 0 Å². The third-order valence-electron chi connectivity index (χ3n) is 3.61. The number of sulfone groups is 1. The lowest BCUT2D eigenvalue weighted by atomic mass is 10.1. The smallest absolute Gasteiger partial charge is 0.175 e. The van der Waals surface area contributed by atoms with Gasteiger partial charge in [0.1, 0.15) is 5.82 Å². The first-order valence-electron chi connectivity index (χ1n) is 6.55. The van der Waals surface area contributed by atoms with E-state index in [2.05, 4.69) is 9.55 Å². The molecule has 2 N–H and O–H groups in total. The van der Waals surface area contributed by atoms with Crippen molar-refractivity contribution in [2.45, 2.75) is 30.3 Å². The summed E-state index contributed by atoms with van der Waals surface area (Å²) in [4.78, 5) is 4.93. The predicted molar refractivity (Wildman–Crippen MR) is 77.1 cm³/mol. The van der Waals surface area contributed by atoms with Crippen LogP contribution in [0, 0.1) is 0 Å². The van der Waals surface area contributed by atoms with Gasteiger partial charge < -0.3 is 10.3 Å². The molecule has 0 saturated carbocycles. The van der Waals surface area contributed by atoms with Gasteiger partial charge in [0.25, 0.3) is 0 Å². The van der Waals surface area contributed by atoms with Gasteiger partial charge in [0.2, 0.25) is 0 Å². The van der Waals surface area contributed by atoms with E-state index < -0.39 is 9.84 Å². The molecule has 1 aliphatic rings. The molecule has 20 heavy (non-hydrogen) atoms. The lowest BCUT2D eigenvalue weighted by Gasteiger charge is -2.19. The number of aryl methyl sites for hydroxylation is 1. The van der Waals surface area contributed by atoms with Gasteiger partial charge in [-0.25, -0.2) is 13.4 Å². The summed E-state index contributed by atoms with van der Waals surface area (Å²) in [6.45, 7) is 0.795. The first-order valence-corrected chi connectivity index (χ1v) is 8.45. The Morgan fingerprint density at radius 2 is 2.00 bits per heavy atom. The first-order chi connectivity index (χ1) is 9.43. The average molecular weight is 291 g/mol. The SMILES string of the molecule is CS(=O)(=O)c1ccc(-c2cn3c(n2)CCC(N)C3)cc1. The minimum atomic E-state index is -3.15. The number of rotatable bonds is 2. The maximum absolute atomic E-state index is 11.4. The Labute approximate surface area is 118 Å². The highest BCUT2D eigenvalue weighted by Crippen LogP contribution is 2.23. The number of hydrogen-bond acceptors (Lipinski definition) is 4. The van der Waals surface area contributed by atoms with E-state index in [1.165, 1.54) is 6.26 Å². The summed E-state index contributed by atoms with van der Waals surface area (Å²) < 4.78 is 25.0. The molecule has 1 aromatic carbocycles. The topological polar surface area (TPSA) is 78.0 Å². The van der Waals surface area contributed by atoms with Gasteiger partial charge in [-0.3, -0.25) is 0 Å². The summed E-state index contributed by atoms with van der Waals surface area (Å²) in [6, 6.07) is 7.02. The molecule has 0 spiro atoms. The first kappa shape index (κ1) is 13.3. The molecular weight excluding hydrogens is 274 g/mol. The van der Waals surface area contributed by atoms with Gasteiger partial charge in [-0.1, -0.05) is 12.1 Å². The zero-order valence-electron chi connectivity index (χ0n) is 11.3.